The summed E-state index contributed by atoms with van der Waals surface area (Å²) in [6.07, 6.45) is 1.01. The van der Waals surface area contributed by atoms with Gasteiger partial charge < -0.3 is 14.5 Å². The fraction of sp³-hybridized carbons (Fsp3) is 0.440. The molecule has 2 aliphatic heterocycles. The maximum Gasteiger partial charge on any atom is 0.254 e. The molecular weight excluding hydrogens is 532 g/mol. The molecule has 2 aromatic carbocycles. The van der Waals surface area contributed by atoms with Crippen LogP contribution < -0.4 is 4.31 Å². The zero-order valence-corrected chi connectivity index (χ0v) is 23.1. The highest BCUT2D eigenvalue weighted by molar-refractivity contribution is 7.92. The lowest BCUT2D eigenvalue weighted by Gasteiger charge is -2.35. The minimum absolute atomic E-state index is 0.110. The number of nitrogens with zero attached hydrogens (tertiary/aromatic N) is 4. The number of morpholine rings is 1. The number of sulfonamides is 2. The maximum atomic E-state index is 13.1. The lowest BCUT2D eigenvalue weighted by atomic mass is 10.1. The average Bonchev–Trinajstić information content (AvgIpc) is 2.91. The molecule has 2 aliphatic rings. The van der Waals surface area contributed by atoms with E-state index in [-0.39, 0.29) is 42.7 Å². The van der Waals surface area contributed by atoms with Crippen LogP contribution in [0.4, 0.5) is 5.69 Å². The van der Waals surface area contributed by atoms with Crippen LogP contribution in [0.2, 0.25) is 0 Å². The Hall–Kier alpha value is -3.00. The number of anilines is 1. The number of ether oxygens (including phenoxy) is 1. The summed E-state index contributed by atoms with van der Waals surface area (Å²) in [5, 5.41) is 0. The van der Waals surface area contributed by atoms with Crippen molar-refractivity contribution in [2.24, 2.45) is 0 Å². The van der Waals surface area contributed by atoms with Crippen molar-refractivity contribution in [3.05, 3.63) is 59.7 Å². The van der Waals surface area contributed by atoms with Crippen molar-refractivity contribution in [1.29, 1.82) is 0 Å². The molecule has 2 amide bonds. The highest BCUT2D eigenvalue weighted by Gasteiger charge is 2.32. The standard InChI is InChI=1S/C25H32N4O7S2/c1-20-3-9-23(10-4-20)38(34,35)28-13-11-26(12-14-28)24(30)19-29(37(2,32)33)22-7-5-21(6-8-22)25(31)27-15-17-36-18-16-27/h3-10H,11-19H2,1-2H3. The molecule has 0 atom stereocenters. The zero-order valence-electron chi connectivity index (χ0n) is 21.4. The summed E-state index contributed by atoms with van der Waals surface area (Å²) in [5.41, 5.74) is 1.63. The highest BCUT2D eigenvalue weighted by atomic mass is 32.2. The number of amides is 2. The van der Waals surface area contributed by atoms with Gasteiger partial charge in [-0.25, -0.2) is 16.8 Å². The van der Waals surface area contributed by atoms with E-state index in [4.69, 9.17) is 4.74 Å². The molecule has 206 valence electrons. The second kappa shape index (κ2) is 11.4. The SMILES string of the molecule is Cc1ccc(S(=O)(=O)N2CCN(C(=O)CN(c3ccc(C(=O)N4CCOCC4)cc3)S(C)(=O)=O)CC2)cc1. The number of carbonyl (C=O) groups is 2. The summed E-state index contributed by atoms with van der Waals surface area (Å²) in [6, 6.07) is 12.7. The van der Waals surface area contributed by atoms with Crippen LogP contribution in [0, 0.1) is 6.92 Å². The molecule has 2 saturated heterocycles. The van der Waals surface area contributed by atoms with Crippen LogP contribution in [0.1, 0.15) is 15.9 Å². The second-order valence-electron chi connectivity index (χ2n) is 9.32. The van der Waals surface area contributed by atoms with E-state index in [9.17, 15) is 26.4 Å². The van der Waals surface area contributed by atoms with Gasteiger partial charge >= 0.3 is 0 Å². The molecule has 11 nitrogen and oxygen atoms in total. The molecule has 0 radical (unpaired) electrons. The Morgan fingerprint density at radius 3 is 1.95 bits per heavy atom. The molecule has 4 rings (SSSR count). The lowest BCUT2D eigenvalue weighted by Crippen LogP contribution is -2.53. The summed E-state index contributed by atoms with van der Waals surface area (Å²) in [6.45, 7) is 3.88. The number of benzene rings is 2. The molecule has 38 heavy (non-hydrogen) atoms. The summed E-state index contributed by atoms with van der Waals surface area (Å²) >= 11 is 0. The van der Waals surface area contributed by atoms with Crippen LogP contribution in [0.5, 0.6) is 0 Å². The number of rotatable bonds is 7. The topological polar surface area (TPSA) is 125 Å². The van der Waals surface area contributed by atoms with Gasteiger partial charge in [0.2, 0.25) is 26.0 Å². The highest BCUT2D eigenvalue weighted by Crippen LogP contribution is 2.21. The molecule has 2 fully saturated rings. The first-order valence-corrected chi connectivity index (χ1v) is 15.5. The summed E-state index contributed by atoms with van der Waals surface area (Å²) in [7, 11) is -7.50. The Bertz CT molecular complexity index is 1360. The van der Waals surface area contributed by atoms with Crippen LogP contribution in [0.3, 0.4) is 0 Å². The van der Waals surface area contributed by atoms with E-state index in [1.165, 1.54) is 21.3 Å². The fourth-order valence-corrected chi connectivity index (χ4v) is 6.65. The van der Waals surface area contributed by atoms with E-state index >= 15 is 0 Å². The van der Waals surface area contributed by atoms with Crippen molar-refractivity contribution in [2.75, 3.05) is 69.6 Å². The molecule has 2 aromatic rings. The normalized spacial score (nSPS) is 17.3. The molecule has 0 bridgehead atoms. The van der Waals surface area contributed by atoms with Crippen molar-refractivity contribution in [2.45, 2.75) is 11.8 Å². The van der Waals surface area contributed by atoms with Gasteiger partial charge in [-0.3, -0.25) is 13.9 Å². The molecule has 13 heteroatoms. The van der Waals surface area contributed by atoms with E-state index in [0.29, 0.717) is 31.9 Å². The van der Waals surface area contributed by atoms with Crippen molar-refractivity contribution >= 4 is 37.5 Å². The minimum atomic E-state index is -3.81. The van der Waals surface area contributed by atoms with Gasteiger partial charge in [0.05, 0.1) is 30.1 Å². The molecule has 0 saturated carbocycles. The molecule has 0 spiro atoms. The summed E-state index contributed by atoms with van der Waals surface area (Å²) in [5.74, 6) is -0.600. The third-order valence-electron chi connectivity index (χ3n) is 6.63. The predicted molar refractivity (Wildman–Crippen MR) is 142 cm³/mol. The van der Waals surface area contributed by atoms with Gasteiger partial charge in [0.1, 0.15) is 6.54 Å². The van der Waals surface area contributed by atoms with Gasteiger partial charge in [0.25, 0.3) is 5.91 Å². The Labute approximate surface area is 223 Å². The van der Waals surface area contributed by atoms with Crippen LogP contribution >= 0.6 is 0 Å². The first-order valence-electron chi connectivity index (χ1n) is 12.3. The predicted octanol–water partition coefficient (Wildman–Crippen LogP) is 0.767. The molecule has 0 N–H and O–H groups in total. The smallest absolute Gasteiger partial charge is 0.254 e. The fourth-order valence-electron chi connectivity index (χ4n) is 4.38. The van der Waals surface area contributed by atoms with E-state index in [0.717, 1.165) is 16.1 Å². The van der Waals surface area contributed by atoms with Gasteiger partial charge in [-0.1, -0.05) is 17.7 Å². The average molecular weight is 565 g/mol. The largest absolute Gasteiger partial charge is 0.378 e. The molecule has 2 heterocycles. The zero-order chi connectivity index (χ0) is 27.5. The van der Waals surface area contributed by atoms with Crippen LogP contribution in [0.15, 0.2) is 53.4 Å². The van der Waals surface area contributed by atoms with Crippen molar-refractivity contribution in [3.8, 4) is 0 Å². The number of carbonyl (C=O) groups excluding carboxylic acids is 2. The quantitative estimate of drug-likeness (QED) is 0.486. The Balaban J connectivity index is 1.40. The van der Waals surface area contributed by atoms with E-state index in [2.05, 4.69) is 0 Å². The Morgan fingerprint density at radius 2 is 1.39 bits per heavy atom. The van der Waals surface area contributed by atoms with Gasteiger partial charge in [-0.15, -0.1) is 0 Å². The van der Waals surface area contributed by atoms with Crippen LogP contribution in [-0.2, 0) is 29.6 Å². The first kappa shape index (κ1) is 28.0. The van der Waals surface area contributed by atoms with Crippen molar-refractivity contribution < 1.29 is 31.2 Å². The number of piperazine rings is 1. The second-order valence-corrected chi connectivity index (χ2v) is 13.2. The van der Waals surface area contributed by atoms with Crippen molar-refractivity contribution in [1.82, 2.24) is 14.1 Å². The molecule has 0 aliphatic carbocycles. The van der Waals surface area contributed by atoms with Crippen LogP contribution in [-0.4, -0.2) is 108 Å². The van der Waals surface area contributed by atoms with Gasteiger partial charge in [-0.2, -0.15) is 4.31 Å². The van der Waals surface area contributed by atoms with Crippen LogP contribution in [0.25, 0.3) is 0 Å². The summed E-state index contributed by atoms with van der Waals surface area (Å²) in [4.78, 5) is 29.1. The number of hydrogen-bond acceptors (Lipinski definition) is 7. The summed E-state index contributed by atoms with van der Waals surface area (Å²) < 4.78 is 58.6. The monoisotopic (exact) mass is 564 g/mol. The van der Waals surface area contributed by atoms with Gasteiger partial charge in [-0.05, 0) is 43.3 Å². The number of aryl methyl sites for hydroxylation is 1. The molecule has 0 aromatic heterocycles. The van der Waals surface area contributed by atoms with E-state index in [1.54, 1.807) is 41.3 Å². The molecule has 0 unspecified atom stereocenters. The van der Waals surface area contributed by atoms with Gasteiger partial charge in [0.15, 0.2) is 0 Å². The Morgan fingerprint density at radius 1 is 0.816 bits per heavy atom. The molecular formula is C25H32N4O7S2. The lowest BCUT2D eigenvalue weighted by molar-refractivity contribution is -0.130. The Kier molecular flexibility index (Phi) is 8.40. The maximum absolute atomic E-state index is 13.1. The van der Waals surface area contributed by atoms with E-state index in [1.807, 2.05) is 6.92 Å². The number of hydrogen-bond donors (Lipinski definition) is 0. The minimum Gasteiger partial charge on any atom is -0.378 e. The van der Waals surface area contributed by atoms with Gasteiger partial charge in [0, 0.05) is 44.8 Å². The first-order chi connectivity index (χ1) is 18.0. The van der Waals surface area contributed by atoms with Crippen molar-refractivity contribution in [3.63, 3.8) is 0 Å². The van der Waals surface area contributed by atoms with E-state index < -0.39 is 32.5 Å². The third kappa shape index (κ3) is 6.34. The third-order valence-corrected chi connectivity index (χ3v) is 9.68.